The Balaban J connectivity index is 1.76. The molecule has 2 aromatic carbocycles. The van der Waals surface area contributed by atoms with Crippen LogP contribution in [0.5, 0.6) is 0 Å². The fraction of sp³-hybridized carbons (Fsp3) is 0.375. The summed E-state index contributed by atoms with van der Waals surface area (Å²) in [6.45, 7) is 7.18. The van der Waals surface area contributed by atoms with Gasteiger partial charge in [-0.2, -0.15) is 0 Å². The monoisotopic (exact) mass is 438 g/mol. The first kappa shape index (κ1) is 21.4. The Morgan fingerprint density at radius 1 is 1.19 bits per heavy atom. The number of hydrogen-bond acceptors (Lipinski definition) is 3. The van der Waals surface area contributed by atoms with E-state index >= 15 is 0 Å². The van der Waals surface area contributed by atoms with Crippen molar-refractivity contribution >= 4 is 34.4 Å². The highest BCUT2D eigenvalue weighted by molar-refractivity contribution is 6.31. The third-order valence-corrected chi connectivity index (χ3v) is 6.30. The largest absolute Gasteiger partial charge is 0.354 e. The topological polar surface area (TPSA) is 67.2 Å². The Bertz CT molecular complexity index is 1140. The Kier molecular flexibility index (Phi) is 5.75. The molecule has 0 saturated heterocycles. The van der Waals surface area contributed by atoms with Gasteiger partial charge in [-0.1, -0.05) is 55.8 Å². The number of carbonyl (C=O) groups excluding carboxylic acids is 2. The highest BCUT2D eigenvalue weighted by atomic mass is 35.5. The van der Waals surface area contributed by atoms with Gasteiger partial charge in [0.25, 0.3) is 5.91 Å². The molecule has 1 aliphatic rings. The summed E-state index contributed by atoms with van der Waals surface area (Å²) in [6, 6.07) is 15.0. The molecule has 0 saturated carbocycles. The summed E-state index contributed by atoms with van der Waals surface area (Å²) in [5.41, 5.74) is 1.31. The van der Waals surface area contributed by atoms with Crippen LogP contribution in [0.25, 0.3) is 11.0 Å². The third-order valence-electron chi connectivity index (χ3n) is 5.94. The number of nitrogens with one attached hydrogen (secondary N) is 1. The average molecular weight is 439 g/mol. The van der Waals surface area contributed by atoms with E-state index in [1.54, 1.807) is 11.0 Å². The molecule has 2 heterocycles. The number of rotatable bonds is 6. The van der Waals surface area contributed by atoms with E-state index in [4.69, 9.17) is 11.6 Å². The summed E-state index contributed by atoms with van der Waals surface area (Å²) >= 11 is 6.39. The molecule has 4 rings (SSSR count). The van der Waals surface area contributed by atoms with Gasteiger partial charge >= 0.3 is 0 Å². The molecule has 2 amide bonds. The molecule has 162 valence electrons. The zero-order valence-electron chi connectivity index (χ0n) is 18.1. The van der Waals surface area contributed by atoms with Crippen molar-refractivity contribution in [1.29, 1.82) is 0 Å². The molecule has 31 heavy (non-hydrogen) atoms. The minimum absolute atomic E-state index is 0.169. The molecule has 0 spiro atoms. The zero-order valence-corrected chi connectivity index (χ0v) is 18.8. The molecule has 1 N–H and O–H groups in total. The van der Waals surface area contributed by atoms with Crippen molar-refractivity contribution < 1.29 is 9.59 Å². The quantitative estimate of drug-likeness (QED) is 0.625. The number of halogens is 1. The lowest BCUT2D eigenvalue weighted by molar-refractivity contribution is -0.133. The van der Waals surface area contributed by atoms with E-state index in [2.05, 4.69) is 24.1 Å². The van der Waals surface area contributed by atoms with Crippen LogP contribution in [0.15, 0.2) is 48.5 Å². The highest BCUT2D eigenvalue weighted by Gasteiger charge is 2.48. The van der Waals surface area contributed by atoms with Crippen molar-refractivity contribution in [3.63, 3.8) is 0 Å². The minimum atomic E-state index is -1.08. The van der Waals surface area contributed by atoms with Crippen LogP contribution in [-0.2, 0) is 17.9 Å². The molecule has 1 atom stereocenters. The lowest BCUT2D eigenvalue weighted by Gasteiger charge is -2.43. The number of fused-ring (bicyclic) bond motifs is 3. The summed E-state index contributed by atoms with van der Waals surface area (Å²) in [5, 5.41) is 3.61. The van der Waals surface area contributed by atoms with Crippen molar-refractivity contribution in [1.82, 2.24) is 19.8 Å². The van der Waals surface area contributed by atoms with E-state index in [0.717, 1.165) is 23.0 Å². The number of aromatic nitrogens is 2. The number of hydrogen-bond donors (Lipinski definition) is 1. The lowest BCUT2D eigenvalue weighted by Crippen LogP contribution is -2.63. The van der Waals surface area contributed by atoms with E-state index in [1.807, 2.05) is 54.0 Å². The maximum atomic E-state index is 13.6. The Hall–Kier alpha value is -2.86. The summed E-state index contributed by atoms with van der Waals surface area (Å²) in [4.78, 5) is 33.2. The van der Waals surface area contributed by atoms with Crippen molar-refractivity contribution in [2.75, 3.05) is 6.54 Å². The van der Waals surface area contributed by atoms with Gasteiger partial charge in [-0.05, 0) is 43.0 Å². The summed E-state index contributed by atoms with van der Waals surface area (Å²) < 4.78 is 1.86. The van der Waals surface area contributed by atoms with Crippen LogP contribution in [-0.4, -0.2) is 38.3 Å². The summed E-state index contributed by atoms with van der Waals surface area (Å²) in [5.74, 6) is 0.381. The second-order valence-corrected chi connectivity index (χ2v) is 9.11. The Morgan fingerprint density at radius 2 is 1.90 bits per heavy atom. The molecule has 6 nitrogen and oxygen atoms in total. The van der Waals surface area contributed by atoms with Gasteiger partial charge in [0.05, 0.1) is 17.6 Å². The Morgan fingerprint density at radius 3 is 2.65 bits per heavy atom. The molecular formula is C24H27ClN4O2. The predicted molar refractivity (Wildman–Crippen MR) is 122 cm³/mol. The van der Waals surface area contributed by atoms with Gasteiger partial charge in [-0.25, -0.2) is 4.98 Å². The van der Waals surface area contributed by atoms with E-state index in [1.165, 1.54) is 0 Å². The van der Waals surface area contributed by atoms with Crippen molar-refractivity contribution in [3.8, 4) is 0 Å². The fourth-order valence-corrected chi connectivity index (χ4v) is 4.23. The van der Waals surface area contributed by atoms with Gasteiger partial charge in [-0.15, -0.1) is 0 Å². The van der Waals surface area contributed by atoms with Crippen molar-refractivity contribution in [3.05, 3.63) is 64.9 Å². The Labute approximate surface area is 187 Å². The normalized spacial score (nSPS) is 18.5. The minimum Gasteiger partial charge on any atom is -0.354 e. The molecule has 0 radical (unpaired) electrons. The van der Waals surface area contributed by atoms with E-state index in [-0.39, 0.29) is 18.4 Å². The number of para-hydroxylation sites is 2. The summed E-state index contributed by atoms with van der Waals surface area (Å²) in [6.07, 6.45) is 0.875. The van der Waals surface area contributed by atoms with Gasteiger partial charge in [0.15, 0.2) is 5.82 Å². The van der Waals surface area contributed by atoms with Crippen LogP contribution in [0.1, 0.15) is 43.4 Å². The molecule has 0 bridgehead atoms. The van der Waals surface area contributed by atoms with Gasteiger partial charge in [-0.3, -0.25) is 9.59 Å². The fourth-order valence-electron chi connectivity index (χ4n) is 4.04. The number of amides is 2. The molecule has 0 fully saturated rings. The lowest BCUT2D eigenvalue weighted by atomic mass is 9.94. The standard InChI is InChI=1S/C24H27ClN4O2/c1-16(2)12-13-26-23(31)24(3)15-28-20-11-7-6-10-19(20)27-21(28)22(30)29(24)14-17-8-4-5-9-18(17)25/h4-11,16H,12-15H2,1-3H3,(H,26,31)/t24-/m0/s1. The second-order valence-electron chi connectivity index (χ2n) is 8.71. The molecule has 3 aromatic rings. The number of benzene rings is 2. The van der Waals surface area contributed by atoms with Gasteiger partial charge in [0, 0.05) is 18.1 Å². The van der Waals surface area contributed by atoms with Crippen molar-refractivity contribution in [2.24, 2.45) is 5.92 Å². The maximum Gasteiger partial charge on any atom is 0.291 e. The van der Waals surface area contributed by atoms with E-state index < -0.39 is 5.54 Å². The zero-order chi connectivity index (χ0) is 22.2. The third kappa shape index (κ3) is 3.92. The van der Waals surface area contributed by atoms with Crippen LogP contribution in [0.3, 0.4) is 0 Å². The molecule has 1 aromatic heterocycles. The first-order valence-electron chi connectivity index (χ1n) is 10.6. The maximum absolute atomic E-state index is 13.6. The van der Waals surface area contributed by atoms with Crippen LogP contribution in [0, 0.1) is 5.92 Å². The van der Waals surface area contributed by atoms with Crippen molar-refractivity contribution in [2.45, 2.75) is 45.8 Å². The molecule has 0 unspecified atom stereocenters. The van der Waals surface area contributed by atoms with E-state index in [0.29, 0.717) is 29.9 Å². The second kappa shape index (κ2) is 8.35. The molecular weight excluding hydrogens is 412 g/mol. The van der Waals surface area contributed by atoms with Gasteiger partial charge in [0.2, 0.25) is 5.91 Å². The number of nitrogens with zero attached hydrogens (tertiary/aromatic N) is 3. The van der Waals surface area contributed by atoms with Crippen LogP contribution >= 0.6 is 11.6 Å². The smallest absolute Gasteiger partial charge is 0.291 e. The number of imidazole rings is 1. The van der Waals surface area contributed by atoms with Gasteiger partial charge in [0.1, 0.15) is 5.54 Å². The average Bonchev–Trinajstić information content (AvgIpc) is 3.10. The van der Waals surface area contributed by atoms with Crippen LogP contribution < -0.4 is 5.32 Å². The van der Waals surface area contributed by atoms with E-state index in [9.17, 15) is 9.59 Å². The SMILES string of the molecule is CC(C)CCNC(=O)[C@]1(C)Cn2c(nc3ccccc32)C(=O)N1Cc1ccccc1Cl. The van der Waals surface area contributed by atoms with Crippen LogP contribution in [0.2, 0.25) is 5.02 Å². The first-order valence-corrected chi connectivity index (χ1v) is 11.0. The molecule has 0 aliphatic carbocycles. The van der Waals surface area contributed by atoms with Gasteiger partial charge < -0.3 is 14.8 Å². The highest BCUT2D eigenvalue weighted by Crippen LogP contribution is 2.33. The predicted octanol–water partition coefficient (Wildman–Crippen LogP) is 4.27. The molecule has 1 aliphatic heterocycles. The number of carbonyl (C=O) groups is 2. The molecule has 7 heteroatoms. The first-order chi connectivity index (χ1) is 14.8. The summed E-state index contributed by atoms with van der Waals surface area (Å²) in [7, 11) is 0. The van der Waals surface area contributed by atoms with Crippen LogP contribution in [0.4, 0.5) is 0 Å².